The van der Waals surface area contributed by atoms with Crippen LogP contribution < -0.4 is 4.90 Å². The van der Waals surface area contributed by atoms with Crippen LogP contribution in [0.3, 0.4) is 0 Å². The minimum atomic E-state index is 0.0365. The first-order chi connectivity index (χ1) is 9.78. The number of nitrogens with zero attached hydrogens (tertiary/aromatic N) is 3. The molecule has 1 aromatic heterocycles. The Bertz CT molecular complexity index is 509. The van der Waals surface area contributed by atoms with Crippen molar-refractivity contribution < 1.29 is 9.52 Å². The lowest BCUT2D eigenvalue weighted by Gasteiger charge is -2.30. The summed E-state index contributed by atoms with van der Waals surface area (Å²) in [4.78, 5) is 2.10. The van der Waals surface area contributed by atoms with E-state index in [1.54, 1.807) is 0 Å². The Morgan fingerprint density at radius 3 is 2.40 bits per heavy atom. The maximum atomic E-state index is 9.58. The molecule has 1 heterocycles. The third kappa shape index (κ3) is 3.36. The van der Waals surface area contributed by atoms with Crippen LogP contribution in [0.25, 0.3) is 0 Å². The Labute approximate surface area is 119 Å². The van der Waals surface area contributed by atoms with E-state index < -0.39 is 0 Å². The number of aliphatic hydroxyl groups is 1. The van der Waals surface area contributed by atoms with Crippen molar-refractivity contribution in [1.29, 1.82) is 0 Å². The molecule has 0 amide bonds. The average molecular weight is 275 g/mol. The lowest BCUT2D eigenvalue weighted by Crippen LogP contribution is -2.37. The lowest BCUT2D eigenvalue weighted by atomic mass is 10.1. The molecule has 0 spiro atoms. The summed E-state index contributed by atoms with van der Waals surface area (Å²) >= 11 is 0. The highest BCUT2D eigenvalue weighted by molar-refractivity contribution is 5.47. The van der Waals surface area contributed by atoms with Crippen molar-refractivity contribution in [2.45, 2.75) is 39.3 Å². The molecular weight excluding hydrogens is 254 g/mol. The molecule has 2 aromatic rings. The summed E-state index contributed by atoms with van der Waals surface area (Å²) in [6.07, 6.45) is 1.58. The van der Waals surface area contributed by atoms with Gasteiger partial charge in [0.1, 0.15) is 0 Å². The summed E-state index contributed by atoms with van der Waals surface area (Å²) in [5.74, 6) is 1.22. The smallest absolute Gasteiger partial charge is 0.235 e. The second-order valence-corrected chi connectivity index (χ2v) is 4.65. The molecule has 1 unspecified atom stereocenters. The molecule has 0 saturated carbocycles. The number of aryl methyl sites for hydroxylation is 1. The van der Waals surface area contributed by atoms with E-state index in [0.717, 1.165) is 18.5 Å². The van der Waals surface area contributed by atoms with Gasteiger partial charge in [-0.15, -0.1) is 10.2 Å². The van der Waals surface area contributed by atoms with Crippen LogP contribution in [0, 0.1) is 0 Å². The molecule has 0 aliphatic heterocycles. The predicted molar refractivity (Wildman–Crippen MR) is 77.5 cm³/mol. The lowest BCUT2D eigenvalue weighted by molar-refractivity contribution is 0.252. The van der Waals surface area contributed by atoms with Gasteiger partial charge in [0.05, 0.1) is 19.2 Å². The first-order valence-corrected chi connectivity index (χ1v) is 7.02. The Hall–Kier alpha value is -1.88. The van der Waals surface area contributed by atoms with Crippen molar-refractivity contribution in [3.05, 3.63) is 42.1 Å². The summed E-state index contributed by atoms with van der Waals surface area (Å²) in [6.45, 7) is 4.65. The van der Waals surface area contributed by atoms with Gasteiger partial charge in [-0.05, 0) is 18.6 Å². The van der Waals surface area contributed by atoms with Crippen LogP contribution >= 0.6 is 0 Å². The number of benzene rings is 1. The summed E-state index contributed by atoms with van der Waals surface area (Å²) in [6, 6.07) is 10.0. The van der Waals surface area contributed by atoms with Crippen molar-refractivity contribution in [2.24, 2.45) is 0 Å². The maximum Gasteiger partial charge on any atom is 0.235 e. The van der Waals surface area contributed by atoms with Gasteiger partial charge in [0, 0.05) is 12.1 Å². The number of anilines is 1. The van der Waals surface area contributed by atoms with Crippen LogP contribution in [0.2, 0.25) is 0 Å². The van der Waals surface area contributed by atoms with Gasteiger partial charge in [0.2, 0.25) is 11.8 Å². The molecule has 20 heavy (non-hydrogen) atoms. The van der Waals surface area contributed by atoms with Crippen molar-refractivity contribution in [1.82, 2.24) is 10.2 Å². The molecule has 5 heteroatoms. The summed E-state index contributed by atoms with van der Waals surface area (Å²) in [7, 11) is 0. The van der Waals surface area contributed by atoms with Gasteiger partial charge in [-0.1, -0.05) is 32.0 Å². The average Bonchev–Trinajstić information content (AvgIpc) is 2.96. The van der Waals surface area contributed by atoms with Crippen LogP contribution in [0.4, 0.5) is 5.69 Å². The predicted octanol–water partition coefficient (Wildman–Crippen LogP) is 2.41. The summed E-state index contributed by atoms with van der Waals surface area (Å²) in [5.41, 5.74) is 1.05. The zero-order chi connectivity index (χ0) is 14.4. The molecule has 0 aliphatic carbocycles. The number of hydrogen-bond acceptors (Lipinski definition) is 5. The topological polar surface area (TPSA) is 62.4 Å². The zero-order valence-electron chi connectivity index (χ0n) is 12.0. The highest BCUT2D eigenvalue weighted by Crippen LogP contribution is 2.20. The third-order valence-electron chi connectivity index (χ3n) is 3.33. The van der Waals surface area contributed by atoms with Crippen LogP contribution in [0.15, 0.2) is 34.7 Å². The highest BCUT2D eigenvalue weighted by atomic mass is 16.4. The van der Waals surface area contributed by atoms with Crippen molar-refractivity contribution >= 4 is 5.69 Å². The van der Waals surface area contributed by atoms with Crippen molar-refractivity contribution in [3.63, 3.8) is 0 Å². The monoisotopic (exact) mass is 275 g/mol. The van der Waals surface area contributed by atoms with Crippen LogP contribution in [0.1, 0.15) is 32.0 Å². The number of para-hydroxylation sites is 1. The number of aliphatic hydroxyl groups excluding tert-OH is 1. The van der Waals surface area contributed by atoms with Gasteiger partial charge in [-0.3, -0.25) is 0 Å². The molecule has 2 rings (SSSR count). The zero-order valence-corrected chi connectivity index (χ0v) is 12.0. The van der Waals surface area contributed by atoms with E-state index in [0.29, 0.717) is 18.3 Å². The standard InChI is InChI=1S/C15H21N3O2/c1-3-12(11-19)18(13-8-6-5-7-9-13)10-15-17-16-14(4-2)20-15/h5-9,12,19H,3-4,10-11H2,1-2H3. The van der Waals surface area contributed by atoms with Gasteiger partial charge in [0.15, 0.2) is 0 Å². The van der Waals surface area contributed by atoms with Crippen LogP contribution in [-0.4, -0.2) is 28.0 Å². The van der Waals surface area contributed by atoms with E-state index in [2.05, 4.69) is 22.0 Å². The molecule has 0 radical (unpaired) electrons. The second kappa shape index (κ2) is 7.05. The summed E-state index contributed by atoms with van der Waals surface area (Å²) < 4.78 is 5.58. The molecule has 0 saturated heterocycles. The quantitative estimate of drug-likeness (QED) is 0.840. The Morgan fingerprint density at radius 2 is 1.85 bits per heavy atom. The van der Waals surface area contributed by atoms with E-state index in [-0.39, 0.29) is 12.6 Å². The fourth-order valence-corrected chi connectivity index (χ4v) is 2.14. The second-order valence-electron chi connectivity index (χ2n) is 4.65. The minimum Gasteiger partial charge on any atom is -0.423 e. The van der Waals surface area contributed by atoms with E-state index >= 15 is 0 Å². The maximum absolute atomic E-state index is 9.58. The normalized spacial score (nSPS) is 12.3. The van der Waals surface area contributed by atoms with E-state index in [4.69, 9.17) is 4.42 Å². The van der Waals surface area contributed by atoms with Gasteiger partial charge >= 0.3 is 0 Å². The molecular formula is C15H21N3O2. The van der Waals surface area contributed by atoms with Crippen LogP contribution in [0.5, 0.6) is 0 Å². The molecule has 0 aliphatic rings. The number of aromatic nitrogens is 2. The fraction of sp³-hybridized carbons (Fsp3) is 0.467. The molecule has 108 valence electrons. The van der Waals surface area contributed by atoms with Crippen molar-refractivity contribution in [3.8, 4) is 0 Å². The van der Waals surface area contributed by atoms with E-state index in [1.807, 2.05) is 37.3 Å². The van der Waals surface area contributed by atoms with Gasteiger partial charge in [-0.25, -0.2) is 0 Å². The number of rotatable bonds is 7. The third-order valence-corrected chi connectivity index (χ3v) is 3.33. The van der Waals surface area contributed by atoms with Gasteiger partial charge in [0.25, 0.3) is 0 Å². The Morgan fingerprint density at radius 1 is 1.15 bits per heavy atom. The SMILES string of the molecule is CCc1nnc(CN(c2ccccc2)C(CC)CO)o1. The fourth-order valence-electron chi connectivity index (χ4n) is 2.14. The van der Waals surface area contributed by atoms with Gasteiger partial charge in [-0.2, -0.15) is 0 Å². The van der Waals surface area contributed by atoms with E-state index in [1.165, 1.54) is 0 Å². The summed E-state index contributed by atoms with van der Waals surface area (Å²) in [5, 5.41) is 17.6. The molecule has 5 nitrogen and oxygen atoms in total. The van der Waals surface area contributed by atoms with E-state index in [9.17, 15) is 5.11 Å². The first-order valence-electron chi connectivity index (χ1n) is 7.02. The Balaban J connectivity index is 2.22. The molecule has 1 atom stereocenters. The molecule has 1 aromatic carbocycles. The molecule has 0 fully saturated rings. The first kappa shape index (κ1) is 14.5. The van der Waals surface area contributed by atoms with Crippen molar-refractivity contribution in [2.75, 3.05) is 11.5 Å². The largest absolute Gasteiger partial charge is 0.423 e. The number of hydrogen-bond donors (Lipinski definition) is 1. The van der Waals surface area contributed by atoms with Gasteiger partial charge < -0.3 is 14.4 Å². The van der Waals surface area contributed by atoms with Crippen LogP contribution in [-0.2, 0) is 13.0 Å². The molecule has 1 N–H and O–H groups in total. The highest BCUT2D eigenvalue weighted by Gasteiger charge is 2.19. The Kier molecular flexibility index (Phi) is 5.12. The minimum absolute atomic E-state index is 0.0365. The molecule has 0 bridgehead atoms.